The van der Waals surface area contributed by atoms with E-state index < -0.39 is 14.9 Å². The minimum Gasteiger partial charge on any atom is -0.273 e. The summed E-state index contributed by atoms with van der Waals surface area (Å²) in [6, 6.07) is 12.2. The number of nitrogens with zero attached hydrogens (tertiary/aromatic N) is 2. The molecular formula is C16H13N3O4S. The number of nitro groups is 1. The number of pyridine rings is 1. The third-order valence-corrected chi connectivity index (χ3v) is 4.90. The van der Waals surface area contributed by atoms with Crippen LogP contribution in [0.15, 0.2) is 59.6 Å². The van der Waals surface area contributed by atoms with Gasteiger partial charge in [-0.3, -0.25) is 19.8 Å². The van der Waals surface area contributed by atoms with E-state index >= 15 is 0 Å². The lowest BCUT2D eigenvalue weighted by Crippen LogP contribution is -2.14. The molecule has 1 aromatic heterocycles. The molecule has 0 atom stereocenters. The summed E-state index contributed by atoms with van der Waals surface area (Å²) in [7, 11) is -3.93. The highest BCUT2D eigenvalue weighted by Gasteiger charge is 2.23. The van der Waals surface area contributed by atoms with Crippen molar-refractivity contribution in [1.29, 1.82) is 0 Å². The van der Waals surface area contributed by atoms with Crippen LogP contribution in [-0.4, -0.2) is 18.3 Å². The Morgan fingerprint density at radius 1 is 1.08 bits per heavy atom. The Morgan fingerprint density at radius 3 is 2.46 bits per heavy atom. The van der Waals surface area contributed by atoms with Gasteiger partial charge in [0.2, 0.25) is 0 Å². The smallest absolute Gasteiger partial charge is 0.273 e. The number of benzene rings is 2. The van der Waals surface area contributed by atoms with Gasteiger partial charge in [-0.1, -0.05) is 17.7 Å². The fraction of sp³-hybridized carbons (Fsp3) is 0.0625. The first-order valence-corrected chi connectivity index (χ1v) is 8.48. The van der Waals surface area contributed by atoms with E-state index in [4.69, 9.17) is 0 Å². The van der Waals surface area contributed by atoms with E-state index in [1.807, 2.05) is 6.92 Å². The van der Waals surface area contributed by atoms with Gasteiger partial charge in [0.25, 0.3) is 10.0 Å². The molecule has 2 aromatic carbocycles. The minimum absolute atomic E-state index is 0.0358. The molecule has 0 spiro atoms. The Labute approximate surface area is 138 Å². The maximum absolute atomic E-state index is 12.5. The number of aromatic nitrogens is 1. The highest BCUT2D eigenvalue weighted by Crippen LogP contribution is 2.33. The van der Waals surface area contributed by atoms with E-state index in [-0.39, 0.29) is 21.7 Å². The van der Waals surface area contributed by atoms with Crippen LogP contribution in [0.25, 0.3) is 10.9 Å². The van der Waals surface area contributed by atoms with E-state index in [0.29, 0.717) is 5.52 Å². The molecule has 1 N–H and O–H groups in total. The summed E-state index contributed by atoms with van der Waals surface area (Å²) in [5.41, 5.74) is 0.913. The molecule has 1 heterocycles. The lowest BCUT2D eigenvalue weighted by atomic mass is 10.1. The Morgan fingerprint density at radius 2 is 1.79 bits per heavy atom. The predicted molar refractivity (Wildman–Crippen MR) is 90.4 cm³/mol. The molecule has 0 bridgehead atoms. The molecule has 0 aliphatic rings. The summed E-state index contributed by atoms with van der Waals surface area (Å²) < 4.78 is 27.2. The molecular weight excluding hydrogens is 330 g/mol. The molecule has 7 nitrogen and oxygen atoms in total. The molecule has 0 amide bonds. The van der Waals surface area contributed by atoms with Crippen LogP contribution in [0, 0.1) is 17.0 Å². The molecule has 0 saturated heterocycles. The third-order valence-electron chi connectivity index (χ3n) is 3.51. The van der Waals surface area contributed by atoms with Crippen molar-refractivity contribution in [2.45, 2.75) is 11.8 Å². The van der Waals surface area contributed by atoms with Crippen LogP contribution in [0.3, 0.4) is 0 Å². The minimum atomic E-state index is -3.93. The summed E-state index contributed by atoms with van der Waals surface area (Å²) in [4.78, 5) is 14.9. The highest BCUT2D eigenvalue weighted by atomic mass is 32.2. The second kappa shape index (κ2) is 5.89. The molecule has 0 aliphatic heterocycles. The number of hydrogen-bond donors (Lipinski definition) is 1. The number of hydrogen-bond acceptors (Lipinski definition) is 5. The first kappa shape index (κ1) is 15.9. The van der Waals surface area contributed by atoms with E-state index in [0.717, 1.165) is 5.56 Å². The Bertz CT molecular complexity index is 1030. The molecule has 0 aliphatic carbocycles. The molecule has 3 rings (SSSR count). The molecule has 8 heteroatoms. The Kier molecular flexibility index (Phi) is 3.90. The number of rotatable bonds is 4. The van der Waals surface area contributed by atoms with Crippen LogP contribution < -0.4 is 4.72 Å². The maximum Gasteiger partial charge on any atom is 0.302 e. The zero-order valence-corrected chi connectivity index (χ0v) is 13.4. The van der Waals surface area contributed by atoms with E-state index in [9.17, 15) is 18.5 Å². The van der Waals surface area contributed by atoms with Crippen molar-refractivity contribution in [3.63, 3.8) is 0 Å². The van der Waals surface area contributed by atoms with E-state index in [2.05, 4.69) is 9.71 Å². The summed E-state index contributed by atoms with van der Waals surface area (Å²) in [5.74, 6) is 0. The van der Waals surface area contributed by atoms with Crippen LogP contribution in [0.1, 0.15) is 5.56 Å². The van der Waals surface area contributed by atoms with Crippen LogP contribution in [0.2, 0.25) is 0 Å². The summed E-state index contributed by atoms with van der Waals surface area (Å²) in [6.45, 7) is 1.84. The number of fused-ring (bicyclic) bond motifs is 1. The average Bonchev–Trinajstić information content (AvgIpc) is 2.54. The molecule has 24 heavy (non-hydrogen) atoms. The summed E-state index contributed by atoms with van der Waals surface area (Å²) in [6.07, 6.45) is 1.52. The number of sulfonamides is 1. The monoisotopic (exact) mass is 343 g/mol. The van der Waals surface area contributed by atoms with Gasteiger partial charge in [0.15, 0.2) is 0 Å². The largest absolute Gasteiger partial charge is 0.302 e. The van der Waals surface area contributed by atoms with Gasteiger partial charge in [-0.25, -0.2) is 8.42 Å². The molecule has 0 saturated carbocycles. The number of nitrogens with one attached hydrogen (secondary N) is 1. The zero-order chi connectivity index (χ0) is 17.3. The van der Waals surface area contributed by atoms with Crippen molar-refractivity contribution in [1.82, 2.24) is 4.98 Å². The molecule has 0 fully saturated rings. The zero-order valence-electron chi connectivity index (χ0n) is 12.6. The average molecular weight is 343 g/mol. The van der Waals surface area contributed by atoms with Gasteiger partial charge in [0.05, 0.1) is 20.7 Å². The Balaban J connectivity index is 2.11. The lowest BCUT2D eigenvalue weighted by molar-refractivity contribution is -0.382. The molecule has 0 unspecified atom stereocenters. The summed E-state index contributed by atoms with van der Waals surface area (Å²) >= 11 is 0. The Hall–Kier alpha value is -3.00. The second-order valence-corrected chi connectivity index (χ2v) is 6.89. The normalized spacial score (nSPS) is 11.4. The van der Waals surface area contributed by atoms with Crippen molar-refractivity contribution < 1.29 is 13.3 Å². The van der Waals surface area contributed by atoms with E-state index in [1.54, 1.807) is 18.2 Å². The predicted octanol–water partition coefficient (Wildman–Crippen LogP) is 3.25. The number of nitro benzene ring substituents is 1. The van der Waals surface area contributed by atoms with Crippen molar-refractivity contribution >= 4 is 32.3 Å². The lowest BCUT2D eigenvalue weighted by Gasteiger charge is -2.10. The molecule has 3 aromatic rings. The van der Waals surface area contributed by atoms with Crippen LogP contribution in [-0.2, 0) is 10.0 Å². The van der Waals surface area contributed by atoms with Crippen molar-refractivity contribution in [3.8, 4) is 0 Å². The number of anilines is 1. The third kappa shape index (κ3) is 2.91. The van der Waals surface area contributed by atoms with Crippen LogP contribution in [0.4, 0.5) is 11.4 Å². The maximum atomic E-state index is 12.5. The quantitative estimate of drug-likeness (QED) is 0.578. The van der Waals surface area contributed by atoms with Crippen LogP contribution in [0.5, 0.6) is 0 Å². The van der Waals surface area contributed by atoms with Crippen molar-refractivity contribution in [2.75, 3.05) is 4.72 Å². The first-order chi connectivity index (χ1) is 11.4. The SMILES string of the molecule is Cc1ccc(S(=O)(=O)Nc2ccc3ncccc3c2[N+](=O)[O-])cc1. The fourth-order valence-electron chi connectivity index (χ4n) is 2.34. The topological polar surface area (TPSA) is 102 Å². The van der Waals surface area contributed by atoms with Gasteiger partial charge in [-0.2, -0.15) is 0 Å². The summed E-state index contributed by atoms with van der Waals surface area (Å²) in [5, 5.41) is 11.7. The fourth-order valence-corrected chi connectivity index (χ4v) is 3.40. The van der Waals surface area contributed by atoms with Crippen molar-refractivity contribution in [3.05, 3.63) is 70.4 Å². The van der Waals surface area contributed by atoms with Crippen LogP contribution >= 0.6 is 0 Å². The first-order valence-electron chi connectivity index (χ1n) is 7.00. The van der Waals surface area contributed by atoms with Gasteiger partial charge in [-0.15, -0.1) is 0 Å². The molecule has 0 radical (unpaired) electrons. The highest BCUT2D eigenvalue weighted by molar-refractivity contribution is 7.92. The standard InChI is InChI=1S/C16H13N3O4S/c1-11-4-6-12(7-5-11)24(22,23)18-15-9-8-14-13(3-2-10-17-14)16(15)19(20)21/h2-10,18H,1H3. The van der Waals surface area contributed by atoms with Gasteiger partial charge in [0.1, 0.15) is 5.69 Å². The van der Waals surface area contributed by atoms with Gasteiger partial charge in [-0.05, 0) is 43.3 Å². The van der Waals surface area contributed by atoms with Gasteiger partial charge >= 0.3 is 5.69 Å². The van der Waals surface area contributed by atoms with Gasteiger partial charge in [0, 0.05) is 6.20 Å². The van der Waals surface area contributed by atoms with E-state index in [1.165, 1.54) is 36.5 Å². The van der Waals surface area contributed by atoms with Crippen molar-refractivity contribution in [2.24, 2.45) is 0 Å². The molecule has 122 valence electrons. The number of aryl methyl sites for hydroxylation is 1. The second-order valence-electron chi connectivity index (χ2n) is 5.21. The van der Waals surface area contributed by atoms with Gasteiger partial charge < -0.3 is 0 Å².